The highest BCUT2D eigenvalue weighted by Gasteiger charge is 2.21. The minimum atomic E-state index is 0.0977. The highest BCUT2D eigenvalue weighted by Crippen LogP contribution is 2.24. The van der Waals surface area contributed by atoms with Gasteiger partial charge in [-0.2, -0.15) is 0 Å². The molecule has 1 unspecified atom stereocenters. The number of nitrogens with one attached hydrogen (secondary N) is 2. The fraction of sp³-hybridized carbons (Fsp3) is 0.562. The summed E-state index contributed by atoms with van der Waals surface area (Å²) in [6.07, 6.45) is 2.05. The van der Waals surface area contributed by atoms with Crippen molar-refractivity contribution in [3.05, 3.63) is 28.8 Å². The first-order chi connectivity index (χ1) is 9.61. The van der Waals surface area contributed by atoms with Crippen LogP contribution in [0.3, 0.4) is 0 Å². The van der Waals surface area contributed by atoms with Crippen molar-refractivity contribution in [2.24, 2.45) is 5.92 Å². The van der Waals surface area contributed by atoms with Crippen LogP contribution in [-0.2, 0) is 11.3 Å². The highest BCUT2D eigenvalue weighted by atomic mass is 16.5. The third kappa shape index (κ3) is 3.51. The zero-order chi connectivity index (χ0) is 14.5. The van der Waals surface area contributed by atoms with Gasteiger partial charge in [0.05, 0.1) is 13.0 Å². The zero-order valence-electron chi connectivity index (χ0n) is 12.6. The molecule has 0 bridgehead atoms. The predicted octanol–water partition coefficient (Wildman–Crippen LogP) is 1.93. The number of carbonyl (C=O) groups is 1. The smallest absolute Gasteiger partial charge is 0.224 e. The van der Waals surface area contributed by atoms with Crippen LogP contribution in [0.1, 0.15) is 29.5 Å². The van der Waals surface area contributed by atoms with Crippen LogP contribution in [0.25, 0.3) is 0 Å². The molecule has 4 nitrogen and oxygen atoms in total. The molecule has 1 amide bonds. The molecular formula is C16H24N2O2. The maximum atomic E-state index is 12.2. The Morgan fingerprint density at radius 2 is 2.25 bits per heavy atom. The molecule has 0 spiro atoms. The molecule has 1 aliphatic rings. The van der Waals surface area contributed by atoms with Crippen LogP contribution >= 0.6 is 0 Å². The van der Waals surface area contributed by atoms with E-state index in [0.717, 1.165) is 42.8 Å². The SMILES string of the molecule is COc1cc(C)cc(C)c1CNC(=O)C1CCCNC1. The molecule has 1 aliphatic heterocycles. The molecule has 0 radical (unpaired) electrons. The van der Waals surface area contributed by atoms with Crippen molar-refractivity contribution < 1.29 is 9.53 Å². The van der Waals surface area contributed by atoms with E-state index in [1.54, 1.807) is 7.11 Å². The molecule has 4 heteroatoms. The first-order valence-corrected chi connectivity index (χ1v) is 7.24. The van der Waals surface area contributed by atoms with Crippen LogP contribution in [0.4, 0.5) is 0 Å². The van der Waals surface area contributed by atoms with Crippen molar-refractivity contribution in [1.29, 1.82) is 0 Å². The Balaban J connectivity index is 2.01. The monoisotopic (exact) mass is 276 g/mol. The normalized spacial score (nSPS) is 18.6. The van der Waals surface area contributed by atoms with Gasteiger partial charge in [-0.05, 0) is 50.4 Å². The van der Waals surface area contributed by atoms with E-state index >= 15 is 0 Å². The van der Waals surface area contributed by atoms with E-state index in [0.29, 0.717) is 6.54 Å². The molecule has 1 saturated heterocycles. The summed E-state index contributed by atoms with van der Waals surface area (Å²) in [6, 6.07) is 4.13. The van der Waals surface area contributed by atoms with Crippen molar-refractivity contribution in [2.75, 3.05) is 20.2 Å². The average Bonchev–Trinajstić information content (AvgIpc) is 2.46. The van der Waals surface area contributed by atoms with Crippen molar-refractivity contribution >= 4 is 5.91 Å². The van der Waals surface area contributed by atoms with Gasteiger partial charge in [-0.3, -0.25) is 4.79 Å². The van der Waals surface area contributed by atoms with E-state index in [2.05, 4.69) is 23.6 Å². The molecule has 1 atom stereocenters. The lowest BCUT2D eigenvalue weighted by Crippen LogP contribution is -2.40. The number of benzene rings is 1. The molecule has 20 heavy (non-hydrogen) atoms. The second-order valence-electron chi connectivity index (χ2n) is 5.52. The first kappa shape index (κ1) is 14.9. The third-order valence-electron chi connectivity index (χ3n) is 3.90. The van der Waals surface area contributed by atoms with E-state index in [1.165, 1.54) is 5.56 Å². The van der Waals surface area contributed by atoms with Gasteiger partial charge in [0.25, 0.3) is 0 Å². The molecule has 1 aromatic carbocycles. The van der Waals surface area contributed by atoms with Crippen molar-refractivity contribution in [1.82, 2.24) is 10.6 Å². The average molecular weight is 276 g/mol. The summed E-state index contributed by atoms with van der Waals surface area (Å²) in [5.41, 5.74) is 3.39. The Morgan fingerprint density at radius 1 is 1.45 bits per heavy atom. The number of carbonyl (C=O) groups excluding carboxylic acids is 1. The lowest BCUT2D eigenvalue weighted by Gasteiger charge is -2.22. The summed E-state index contributed by atoms with van der Waals surface area (Å²) in [5.74, 6) is 1.09. The van der Waals surface area contributed by atoms with Crippen molar-refractivity contribution in [3.8, 4) is 5.75 Å². The van der Waals surface area contributed by atoms with Crippen LogP contribution in [0, 0.1) is 19.8 Å². The third-order valence-corrected chi connectivity index (χ3v) is 3.90. The van der Waals surface area contributed by atoms with Gasteiger partial charge in [-0.25, -0.2) is 0 Å². The maximum absolute atomic E-state index is 12.2. The topological polar surface area (TPSA) is 50.4 Å². The van der Waals surface area contributed by atoms with Crippen molar-refractivity contribution in [3.63, 3.8) is 0 Å². The number of methoxy groups -OCH3 is 1. The maximum Gasteiger partial charge on any atom is 0.224 e. The van der Waals surface area contributed by atoms with E-state index in [9.17, 15) is 4.79 Å². The number of rotatable bonds is 4. The summed E-state index contributed by atoms with van der Waals surface area (Å²) in [6.45, 7) is 6.44. The summed E-state index contributed by atoms with van der Waals surface area (Å²) in [5, 5.41) is 6.31. The molecule has 1 fully saturated rings. The van der Waals surface area contributed by atoms with Crippen LogP contribution in [0.5, 0.6) is 5.75 Å². The van der Waals surface area contributed by atoms with E-state index in [-0.39, 0.29) is 11.8 Å². The molecule has 1 aromatic rings. The molecule has 110 valence electrons. The number of hydrogen-bond acceptors (Lipinski definition) is 3. The Hall–Kier alpha value is -1.55. The van der Waals surface area contributed by atoms with E-state index in [4.69, 9.17) is 4.74 Å². The van der Waals surface area contributed by atoms with Crippen LogP contribution in [-0.4, -0.2) is 26.1 Å². The molecule has 0 aliphatic carbocycles. The standard InChI is InChI=1S/C16H24N2O2/c1-11-7-12(2)14(15(8-11)20-3)10-18-16(19)13-5-4-6-17-9-13/h7-8,13,17H,4-6,9-10H2,1-3H3,(H,18,19). The summed E-state index contributed by atoms with van der Waals surface area (Å²) in [7, 11) is 1.67. The number of aryl methyl sites for hydroxylation is 2. The van der Waals surface area contributed by atoms with Gasteiger partial charge in [0.1, 0.15) is 5.75 Å². The molecule has 2 N–H and O–H groups in total. The minimum absolute atomic E-state index is 0.0977. The Morgan fingerprint density at radius 3 is 2.90 bits per heavy atom. The van der Waals surface area contributed by atoms with E-state index < -0.39 is 0 Å². The molecule has 0 aromatic heterocycles. The predicted molar refractivity (Wildman–Crippen MR) is 79.9 cm³/mol. The highest BCUT2D eigenvalue weighted by molar-refractivity contribution is 5.79. The van der Waals surface area contributed by atoms with Crippen molar-refractivity contribution in [2.45, 2.75) is 33.2 Å². The number of hydrogen-bond donors (Lipinski definition) is 2. The summed E-state index contributed by atoms with van der Waals surface area (Å²) >= 11 is 0. The number of amides is 1. The lowest BCUT2D eigenvalue weighted by atomic mass is 9.98. The molecule has 1 heterocycles. The molecule has 0 saturated carbocycles. The zero-order valence-corrected chi connectivity index (χ0v) is 12.6. The first-order valence-electron chi connectivity index (χ1n) is 7.24. The van der Waals surface area contributed by atoms with Gasteiger partial charge in [0.2, 0.25) is 5.91 Å². The van der Waals surface area contributed by atoms with Gasteiger partial charge >= 0.3 is 0 Å². The molecule has 2 rings (SSSR count). The Kier molecular flexibility index (Phi) is 5.01. The van der Waals surface area contributed by atoms with Gasteiger partial charge in [0, 0.05) is 18.7 Å². The van der Waals surface area contributed by atoms with Crippen LogP contribution < -0.4 is 15.4 Å². The fourth-order valence-corrected chi connectivity index (χ4v) is 2.76. The van der Waals surface area contributed by atoms with Gasteiger partial charge in [0.15, 0.2) is 0 Å². The van der Waals surface area contributed by atoms with Crippen LogP contribution in [0.15, 0.2) is 12.1 Å². The van der Waals surface area contributed by atoms with E-state index in [1.807, 2.05) is 13.0 Å². The molecular weight excluding hydrogens is 252 g/mol. The van der Waals surface area contributed by atoms with Crippen LogP contribution in [0.2, 0.25) is 0 Å². The number of piperidine rings is 1. The lowest BCUT2D eigenvalue weighted by molar-refractivity contribution is -0.125. The van der Waals surface area contributed by atoms with Gasteiger partial charge in [-0.15, -0.1) is 0 Å². The summed E-state index contributed by atoms with van der Waals surface area (Å²) < 4.78 is 5.42. The minimum Gasteiger partial charge on any atom is -0.496 e. The largest absolute Gasteiger partial charge is 0.496 e. The van der Waals surface area contributed by atoms with Gasteiger partial charge in [-0.1, -0.05) is 6.07 Å². The van der Waals surface area contributed by atoms with Gasteiger partial charge < -0.3 is 15.4 Å². The second-order valence-corrected chi connectivity index (χ2v) is 5.52. The summed E-state index contributed by atoms with van der Waals surface area (Å²) in [4.78, 5) is 12.2. The Labute approximate surface area is 120 Å². The second kappa shape index (κ2) is 6.75. The number of ether oxygens (including phenoxy) is 1. The quantitative estimate of drug-likeness (QED) is 0.883. The fourth-order valence-electron chi connectivity index (χ4n) is 2.76. The Bertz CT molecular complexity index is 480.